The quantitative estimate of drug-likeness (QED) is 0.617. The molecule has 0 heteroatoms. The Hall–Kier alpha value is 0. The predicted octanol–water partition coefficient (Wildman–Crippen LogP) is 4.64. The molecule has 0 spiro atoms. The van der Waals surface area contributed by atoms with Crippen molar-refractivity contribution >= 4 is 0 Å². The molecule has 0 aromatic heterocycles. The normalized spacial score (nSPS) is 51.0. The molecule has 0 heterocycles. The van der Waals surface area contributed by atoms with Crippen LogP contribution < -0.4 is 0 Å². The summed E-state index contributed by atoms with van der Waals surface area (Å²) in [6.07, 6.45) is 10.8. The van der Waals surface area contributed by atoms with E-state index in [1.807, 2.05) is 0 Å². The molecule has 0 aliphatic heterocycles. The first-order chi connectivity index (χ1) is 7.07. The summed E-state index contributed by atoms with van der Waals surface area (Å²) in [5, 5.41) is 0. The molecule has 0 radical (unpaired) electrons. The molecule has 4 bridgehead atoms. The van der Waals surface area contributed by atoms with Crippen LogP contribution in [0.5, 0.6) is 0 Å². The molecule has 0 N–H and O–H groups in total. The lowest BCUT2D eigenvalue weighted by molar-refractivity contribution is -0.163. The smallest absolute Gasteiger partial charge is 0.0238 e. The number of rotatable bonds is 2. The lowest BCUT2D eigenvalue weighted by atomic mass is 9.39. The zero-order valence-electron chi connectivity index (χ0n) is 10.7. The highest BCUT2D eigenvalue weighted by molar-refractivity contribution is 5.09. The van der Waals surface area contributed by atoms with Gasteiger partial charge in [-0.25, -0.2) is 0 Å². The summed E-state index contributed by atoms with van der Waals surface area (Å²) in [5.41, 5.74) is 1.40. The highest BCUT2D eigenvalue weighted by Crippen LogP contribution is 2.69. The summed E-state index contributed by atoms with van der Waals surface area (Å²) in [6.45, 7) is 7.56. The molecule has 0 amide bonds. The largest absolute Gasteiger partial charge is 0.0654 e. The summed E-state index contributed by atoms with van der Waals surface area (Å²) in [7, 11) is 0. The Labute approximate surface area is 94.8 Å². The van der Waals surface area contributed by atoms with Crippen LogP contribution in [0, 0.1) is 28.6 Å². The van der Waals surface area contributed by atoms with Gasteiger partial charge < -0.3 is 0 Å². The topological polar surface area (TPSA) is 0 Å². The zero-order valence-corrected chi connectivity index (χ0v) is 10.7. The first-order valence-electron chi connectivity index (χ1n) is 7.07. The van der Waals surface area contributed by atoms with E-state index in [2.05, 4.69) is 20.8 Å². The van der Waals surface area contributed by atoms with Crippen LogP contribution in [0.25, 0.3) is 0 Å². The van der Waals surface area contributed by atoms with Crippen LogP contribution in [0.2, 0.25) is 0 Å². The van der Waals surface area contributed by atoms with Gasteiger partial charge in [0.05, 0.1) is 0 Å². The average molecular weight is 206 g/mol. The van der Waals surface area contributed by atoms with Crippen LogP contribution in [0.3, 0.4) is 0 Å². The minimum absolute atomic E-state index is 0.649. The highest BCUT2D eigenvalue weighted by atomic mass is 14.6. The van der Waals surface area contributed by atoms with Crippen LogP contribution in [0.1, 0.15) is 65.7 Å². The van der Waals surface area contributed by atoms with Gasteiger partial charge in [-0.15, -0.1) is 0 Å². The van der Waals surface area contributed by atoms with E-state index in [1.54, 1.807) is 32.1 Å². The molecule has 0 aromatic rings. The average Bonchev–Trinajstić information content (AvgIpc) is 2.14. The van der Waals surface area contributed by atoms with E-state index in [-0.39, 0.29) is 0 Å². The summed E-state index contributed by atoms with van der Waals surface area (Å²) < 4.78 is 0. The third-order valence-electron chi connectivity index (χ3n) is 6.38. The molecule has 4 aliphatic rings. The fourth-order valence-electron chi connectivity index (χ4n) is 5.64. The van der Waals surface area contributed by atoms with Gasteiger partial charge >= 0.3 is 0 Å². The van der Waals surface area contributed by atoms with Crippen molar-refractivity contribution in [3.05, 3.63) is 0 Å². The monoisotopic (exact) mass is 206 g/mol. The van der Waals surface area contributed by atoms with Crippen molar-refractivity contribution in [3.63, 3.8) is 0 Å². The van der Waals surface area contributed by atoms with Crippen molar-refractivity contribution in [3.8, 4) is 0 Å². The summed E-state index contributed by atoms with van der Waals surface area (Å²) >= 11 is 0. The van der Waals surface area contributed by atoms with Gasteiger partial charge in [-0.1, -0.05) is 27.2 Å². The molecular formula is C15H26. The van der Waals surface area contributed by atoms with Crippen molar-refractivity contribution in [1.29, 1.82) is 0 Å². The number of hydrogen-bond acceptors (Lipinski definition) is 0. The summed E-state index contributed by atoms with van der Waals surface area (Å²) in [5.74, 6) is 3.29. The molecule has 2 atom stereocenters. The summed E-state index contributed by atoms with van der Waals surface area (Å²) in [4.78, 5) is 0. The van der Waals surface area contributed by atoms with Crippen molar-refractivity contribution in [2.24, 2.45) is 28.6 Å². The second-order valence-corrected chi connectivity index (χ2v) is 7.30. The molecule has 0 nitrogen and oxygen atoms in total. The minimum Gasteiger partial charge on any atom is -0.0654 e. The second kappa shape index (κ2) is 3.02. The molecule has 4 saturated carbocycles. The Morgan fingerprint density at radius 3 is 2.13 bits per heavy atom. The van der Waals surface area contributed by atoms with Crippen molar-refractivity contribution < 1.29 is 0 Å². The Balaban J connectivity index is 1.97. The van der Waals surface area contributed by atoms with E-state index in [4.69, 9.17) is 0 Å². The minimum atomic E-state index is 0.649. The molecular weight excluding hydrogens is 180 g/mol. The van der Waals surface area contributed by atoms with E-state index >= 15 is 0 Å². The van der Waals surface area contributed by atoms with Crippen molar-refractivity contribution in [1.82, 2.24) is 0 Å². The molecule has 4 aliphatic carbocycles. The second-order valence-electron chi connectivity index (χ2n) is 7.30. The maximum Gasteiger partial charge on any atom is -0.0238 e. The third-order valence-corrected chi connectivity index (χ3v) is 6.38. The third kappa shape index (κ3) is 1.20. The first kappa shape index (κ1) is 10.2. The standard InChI is InChI=1S/C15H26/c1-4-5-15-9-11-6-12(10-15)8-13(7-11)14(15,2)3/h11-13H,4-10H2,1-3H3. The molecule has 4 fully saturated rings. The summed E-state index contributed by atoms with van der Waals surface area (Å²) in [6, 6.07) is 0. The molecule has 2 unspecified atom stereocenters. The molecule has 15 heavy (non-hydrogen) atoms. The fraction of sp³-hybridized carbons (Fsp3) is 1.00. The lowest BCUT2D eigenvalue weighted by Gasteiger charge is -2.66. The van der Waals surface area contributed by atoms with E-state index in [1.165, 1.54) is 12.8 Å². The van der Waals surface area contributed by atoms with E-state index < -0.39 is 0 Å². The van der Waals surface area contributed by atoms with Gasteiger partial charge in [-0.3, -0.25) is 0 Å². The zero-order chi connectivity index (χ0) is 10.7. The van der Waals surface area contributed by atoms with Gasteiger partial charge in [0.25, 0.3) is 0 Å². The first-order valence-corrected chi connectivity index (χ1v) is 7.07. The van der Waals surface area contributed by atoms with Gasteiger partial charge in [0.2, 0.25) is 0 Å². The van der Waals surface area contributed by atoms with Crippen LogP contribution in [-0.2, 0) is 0 Å². The molecule has 0 saturated heterocycles. The van der Waals surface area contributed by atoms with Gasteiger partial charge in [-0.05, 0) is 67.1 Å². The predicted molar refractivity (Wildman–Crippen MR) is 64.7 cm³/mol. The van der Waals surface area contributed by atoms with E-state index in [9.17, 15) is 0 Å². The Kier molecular flexibility index (Phi) is 2.05. The molecule has 86 valence electrons. The van der Waals surface area contributed by atoms with Gasteiger partial charge in [0.15, 0.2) is 0 Å². The molecule has 0 aromatic carbocycles. The van der Waals surface area contributed by atoms with Gasteiger partial charge in [0, 0.05) is 0 Å². The lowest BCUT2D eigenvalue weighted by Crippen LogP contribution is -2.57. The fourth-order valence-corrected chi connectivity index (χ4v) is 5.64. The van der Waals surface area contributed by atoms with Gasteiger partial charge in [0.1, 0.15) is 0 Å². The maximum atomic E-state index is 2.59. The Bertz CT molecular complexity index is 249. The van der Waals surface area contributed by atoms with E-state index in [0.29, 0.717) is 5.41 Å². The highest BCUT2D eigenvalue weighted by Gasteiger charge is 2.60. The molecule has 4 rings (SSSR count). The Morgan fingerprint density at radius 2 is 1.60 bits per heavy atom. The van der Waals surface area contributed by atoms with Gasteiger partial charge in [-0.2, -0.15) is 0 Å². The number of hydrogen-bond donors (Lipinski definition) is 0. The van der Waals surface area contributed by atoms with Crippen LogP contribution in [-0.4, -0.2) is 0 Å². The van der Waals surface area contributed by atoms with Crippen LogP contribution in [0.15, 0.2) is 0 Å². The van der Waals surface area contributed by atoms with Crippen molar-refractivity contribution in [2.45, 2.75) is 65.7 Å². The van der Waals surface area contributed by atoms with Crippen molar-refractivity contribution in [2.75, 3.05) is 0 Å². The van der Waals surface area contributed by atoms with E-state index in [0.717, 1.165) is 23.2 Å². The maximum absolute atomic E-state index is 2.59. The van der Waals surface area contributed by atoms with Crippen LogP contribution >= 0.6 is 0 Å². The van der Waals surface area contributed by atoms with Crippen LogP contribution in [0.4, 0.5) is 0 Å². The SMILES string of the molecule is CCCC12CC3CC(CC(C3)C1(C)C)C2. The Morgan fingerprint density at radius 1 is 1.00 bits per heavy atom.